The average molecular weight is 1100 g/mol. The van der Waals surface area contributed by atoms with E-state index >= 15 is 0 Å². The van der Waals surface area contributed by atoms with Crippen LogP contribution in [0.1, 0.15) is 342 Å². The Kier molecular flexibility index (Phi) is 64.2. The Hall–Kier alpha value is -3.41. The van der Waals surface area contributed by atoms with Crippen molar-refractivity contribution in [2.45, 2.75) is 348 Å². The van der Waals surface area contributed by atoms with E-state index in [1.54, 1.807) is 0 Å². The van der Waals surface area contributed by atoms with Crippen LogP contribution in [0, 0.1) is 0 Å². The number of hydrogen-bond acceptors (Lipinski definition) is 6. The van der Waals surface area contributed by atoms with Gasteiger partial charge >= 0.3 is 17.9 Å². The lowest BCUT2D eigenvalue weighted by atomic mass is 10.0. The Balaban J connectivity index is 4.08. The number of rotatable bonds is 62. The summed E-state index contributed by atoms with van der Waals surface area (Å²) in [5.41, 5.74) is 0. The van der Waals surface area contributed by atoms with Gasteiger partial charge in [-0.2, -0.15) is 0 Å². The van der Waals surface area contributed by atoms with Gasteiger partial charge in [-0.25, -0.2) is 0 Å². The molecule has 0 aliphatic rings. The maximum absolute atomic E-state index is 12.9. The van der Waals surface area contributed by atoms with Crippen molar-refractivity contribution in [2.24, 2.45) is 0 Å². The molecule has 0 aromatic heterocycles. The van der Waals surface area contributed by atoms with Crippen molar-refractivity contribution >= 4 is 17.9 Å². The second-order valence-corrected chi connectivity index (χ2v) is 22.7. The molecule has 456 valence electrons. The van der Waals surface area contributed by atoms with E-state index in [1.165, 1.54) is 205 Å². The highest BCUT2D eigenvalue weighted by molar-refractivity contribution is 5.71. The summed E-state index contributed by atoms with van der Waals surface area (Å²) < 4.78 is 16.9. The number of unbranched alkanes of at least 4 members (excludes halogenated alkanes) is 37. The predicted octanol–water partition coefficient (Wildman–Crippen LogP) is 23.4. The Labute approximate surface area is 490 Å². The molecule has 0 spiro atoms. The van der Waals surface area contributed by atoms with Crippen LogP contribution in [0.4, 0.5) is 0 Å². The molecule has 79 heavy (non-hydrogen) atoms. The van der Waals surface area contributed by atoms with Gasteiger partial charge < -0.3 is 14.2 Å². The predicted molar refractivity (Wildman–Crippen MR) is 344 cm³/mol. The Morgan fingerprint density at radius 3 is 0.772 bits per heavy atom. The molecular weight excluding hydrogens is 973 g/mol. The topological polar surface area (TPSA) is 78.9 Å². The third-order valence-electron chi connectivity index (χ3n) is 14.9. The number of carbonyl (C=O) groups excluding carboxylic acids is 3. The SMILES string of the molecule is CC/C=C\C/C=C\C/C=C\C/C=C\CCCCCCCCCCCCCCCCCCC(=O)OCC(COC(=O)CCCCCCCCC)OC(=O)CCCCCCCCCCCC/C=C\C/C=C\C/C=C\CCCCCCC. The van der Waals surface area contributed by atoms with Crippen molar-refractivity contribution < 1.29 is 28.6 Å². The number of esters is 3. The molecule has 1 atom stereocenters. The zero-order valence-corrected chi connectivity index (χ0v) is 52.4. The largest absolute Gasteiger partial charge is 0.462 e. The highest BCUT2D eigenvalue weighted by atomic mass is 16.6. The number of allylic oxidation sites excluding steroid dienone is 14. The van der Waals surface area contributed by atoms with Crippen molar-refractivity contribution in [3.8, 4) is 0 Å². The molecule has 0 fully saturated rings. The minimum atomic E-state index is -0.775. The van der Waals surface area contributed by atoms with Crippen molar-refractivity contribution in [3.63, 3.8) is 0 Å². The van der Waals surface area contributed by atoms with Gasteiger partial charge in [-0.1, -0.05) is 311 Å². The summed E-state index contributed by atoms with van der Waals surface area (Å²) in [5.74, 6) is -0.870. The van der Waals surface area contributed by atoms with Gasteiger partial charge in [0.15, 0.2) is 6.10 Å². The minimum absolute atomic E-state index is 0.0744. The lowest BCUT2D eigenvalue weighted by Gasteiger charge is -2.18. The fourth-order valence-electron chi connectivity index (χ4n) is 9.80. The summed E-state index contributed by atoms with van der Waals surface area (Å²) in [4.78, 5) is 38.2. The van der Waals surface area contributed by atoms with E-state index in [1.807, 2.05) is 0 Å². The molecule has 1 unspecified atom stereocenters. The van der Waals surface area contributed by atoms with Gasteiger partial charge in [-0.05, 0) is 96.3 Å². The van der Waals surface area contributed by atoms with Crippen LogP contribution in [0.25, 0.3) is 0 Å². The van der Waals surface area contributed by atoms with E-state index in [0.29, 0.717) is 19.3 Å². The first-order chi connectivity index (χ1) is 39.0. The second-order valence-electron chi connectivity index (χ2n) is 22.7. The zero-order valence-electron chi connectivity index (χ0n) is 52.4. The summed E-state index contributed by atoms with van der Waals surface area (Å²) in [6, 6.07) is 0. The normalized spacial score (nSPS) is 12.6. The molecule has 0 heterocycles. The Morgan fingerprint density at radius 2 is 0.494 bits per heavy atom. The van der Waals surface area contributed by atoms with Gasteiger partial charge in [0.25, 0.3) is 0 Å². The van der Waals surface area contributed by atoms with Gasteiger partial charge in [0.2, 0.25) is 0 Å². The molecule has 0 aromatic carbocycles. The molecule has 0 saturated carbocycles. The highest BCUT2D eigenvalue weighted by Gasteiger charge is 2.19. The third kappa shape index (κ3) is 65.3. The lowest BCUT2D eigenvalue weighted by molar-refractivity contribution is -0.167. The fourth-order valence-corrected chi connectivity index (χ4v) is 9.80. The van der Waals surface area contributed by atoms with Crippen LogP contribution in [-0.4, -0.2) is 37.2 Å². The van der Waals surface area contributed by atoms with E-state index in [0.717, 1.165) is 96.3 Å². The first kappa shape index (κ1) is 75.6. The molecule has 6 heteroatoms. The third-order valence-corrected chi connectivity index (χ3v) is 14.9. The van der Waals surface area contributed by atoms with Gasteiger partial charge in [0, 0.05) is 19.3 Å². The maximum atomic E-state index is 12.9. The summed E-state index contributed by atoms with van der Waals surface area (Å²) in [7, 11) is 0. The van der Waals surface area contributed by atoms with Gasteiger partial charge in [-0.15, -0.1) is 0 Å². The zero-order chi connectivity index (χ0) is 57.1. The molecule has 0 aliphatic carbocycles. The smallest absolute Gasteiger partial charge is 0.306 e. The Morgan fingerprint density at radius 1 is 0.266 bits per heavy atom. The van der Waals surface area contributed by atoms with Gasteiger partial charge in [0.05, 0.1) is 0 Å². The molecule has 0 aromatic rings. The van der Waals surface area contributed by atoms with E-state index < -0.39 is 6.10 Å². The molecule has 0 aliphatic heterocycles. The molecule has 0 saturated heterocycles. The van der Waals surface area contributed by atoms with Crippen LogP contribution in [-0.2, 0) is 28.6 Å². The second kappa shape index (κ2) is 67.1. The lowest BCUT2D eigenvalue weighted by Crippen LogP contribution is -2.30. The van der Waals surface area contributed by atoms with Crippen molar-refractivity contribution in [2.75, 3.05) is 13.2 Å². The Bertz CT molecular complexity index is 1500. The number of hydrogen-bond donors (Lipinski definition) is 0. The van der Waals surface area contributed by atoms with Crippen LogP contribution in [0.3, 0.4) is 0 Å². The van der Waals surface area contributed by atoms with Gasteiger partial charge in [0.1, 0.15) is 13.2 Å². The highest BCUT2D eigenvalue weighted by Crippen LogP contribution is 2.17. The maximum Gasteiger partial charge on any atom is 0.306 e. The first-order valence-electron chi connectivity index (χ1n) is 34.1. The summed E-state index contributed by atoms with van der Waals surface area (Å²) in [6.45, 7) is 6.51. The van der Waals surface area contributed by atoms with E-state index in [9.17, 15) is 14.4 Å². The van der Waals surface area contributed by atoms with E-state index in [-0.39, 0.29) is 31.1 Å². The molecule has 0 amide bonds. The van der Waals surface area contributed by atoms with Crippen molar-refractivity contribution in [3.05, 3.63) is 85.1 Å². The van der Waals surface area contributed by atoms with Crippen LogP contribution in [0.15, 0.2) is 85.1 Å². The minimum Gasteiger partial charge on any atom is -0.462 e. The van der Waals surface area contributed by atoms with Crippen LogP contribution >= 0.6 is 0 Å². The number of ether oxygens (including phenoxy) is 3. The van der Waals surface area contributed by atoms with E-state index in [4.69, 9.17) is 14.2 Å². The van der Waals surface area contributed by atoms with Crippen LogP contribution in [0.5, 0.6) is 0 Å². The molecule has 0 rings (SSSR count). The quantitative estimate of drug-likeness (QED) is 0.0261. The monoisotopic (exact) mass is 1100 g/mol. The molecule has 0 radical (unpaired) electrons. The van der Waals surface area contributed by atoms with Gasteiger partial charge in [-0.3, -0.25) is 14.4 Å². The molecule has 6 nitrogen and oxygen atoms in total. The molecule has 0 N–H and O–H groups in total. The number of carbonyl (C=O) groups is 3. The average Bonchev–Trinajstić information content (AvgIpc) is 3.45. The van der Waals surface area contributed by atoms with E-state index in [2.05, 4.69) is 106 Å². The first-order valence-corrected chi connectivity index (χ1v) is 34.1. The van der Waals surface area contributed by atoms with Crippen LogP contribution < -0.4 is 0 Å². The summed E-state index contributed by atoms with van der Waals surface area (Å²) >= 11 is 0. The van der Waals surface area contributed by atoms with Crippen LogP contribution in [0.2, 0.25) is 0 Å². The molecule has 0 bridgehead atoms. The van der Waals surface area contributed by atoms with Crippen molar-refractivity contribution in [1.29, 1.82) is 0 Å². The summed E-state index contributed by atoms with van der Waals surface area (Å²) in [5, 5.41) is 0. The summed E-state index contributed by atoms with van der Waals surface area (Å²) in [6.07, 6.45) is 89.2. The standard InChI is InChI=1S/C73H128O6/c1-4-7-10-13-16-18-20-22-24-26-28-30-32-34-35-36-37-39-40-42-44-46-48-50-52-54-57-60-63-66-72(75)78-69-70(68-77-71(74)65-62-59-56-15-12-9-6-3)79-73(76)67-64-61-58-55-53-51-49-47-45-43-41-38-33-31-29-27-25-23-21-19-17-14-11-8-5-2/h7,10,16,18,21-24,27-30,33,38,70H,4-6,8-9,11-15,17,19-20,25-26,31-32,34-37,39-69H2,1-3H3/b10-7-,18-16-,23-21-,24-22-,29-27-,30-28-,38-33-. The molecular formula is C73H128O6. The van der Waals surface area contributed by atoms with Crippen molar-refractivity contribution in [1.82, 2.24) is 0 Å². The fraction of sp³-hybridized carbons (Fsp3) is 0.767.